The summed E-state index contributed by atoms with van der Waals surface area (Å²) in [6.45, 7) is 4.94. The Morgan fingerprint density at radius 2 is 0.575 bits per heavy atom. The predicted molar refractivity (Wildman–Crippen MR) is 352 cm³/mol. The molecule has 0 heterocycles. The van der Waals surface area contributed by atoms with Gasteiger partial charge in [0.1, 0.15) is 0 Å². The molecule has 0 aromatic rings. The van der Waals surface area contributed by atoms with Crippen LogP contribution in [0.2, 0.25) is 0 Å². The molecular formula is C74H145NO5. The fourth-order valence-electron chi connectivity index (χ4n) is 11.9. The third-order valence-corrected chi connectivity index (χ3v) is 17.6. The third kappa shape index (κ3) is 65.7. The standard InChI is InChI=1S/C74H145NO5/c1-3-5-7-9-11-13-15-16-17-37-41-44-48-52-56-60-64-68-74(79)80-69-65-61-57-53-49-45-42-39-36-34-32-30-28-26-24-22-20-18-19-21-23-25-27-29-31-33-35-38-40-43-47-51-55-59-63-67-73(78)75-71(70-76)72(77)66-62-58-54-50-46-14-12-10-8-6-4-2/h62,66,71-72,76-77H,3-61,63-65,67-70H2,1-2H3,(H,75,78)/b66-62+. The van der Waals surface area contributed by atoms with Crippen LogP contribution >= 0.6 is 0 Å². The number of hydrogen-bond acceptors (Lipinski definition) is 5. The Bertz CT molecular complexity index is 1210. The highest BCUT2D eigenvalue weighted by Gasteiger charge is 2.18. The lowest BCUT2D eigenvalue weighted by Gasteiger charge is -2.20. The zero-order valence-corrected chi connectivity index (χ0v) is 54.6. The molecule has 0 aliphatic heterocycles. The normalized spacial score (nSPS) is 12.5. The van der Waals surface area contributed by atoms with Gasteiger partial charge in [-0.1, -0.05) is 392 Å². The lowest BCUT2D eigenvalue weighted by molar-refractivity contribution is -0.143. The summed E-state index contributed by atoms with van der Waals surface area (Å²) >= 11 is 0. The maximum atomic E-state index is 12.4. The van der Waals surface area contributed by atoms with E-state index in [1.54, 1.807) is 6.08 Å². The van der Waals surface area contributed by atoms with Gasteiger partial charge in [0.2, 0.25) is 5.91 Å². The first-order chi connectivity index (χ1) is 39.5. The van der Waals surface area contributed by atoms with E-state index < -0.39 is 12.1 Å². The zero-order valence-electron chi connectivity index (χ0n) is 54.6. The molecule has 0 saturated carbocycles. The number of aliphatic hydroxyl groups excluding tert-OH is 2. The van der Waals surface area contributed by atoms with E-state index in [9.17, 15) is 19.8 Å². The summed E-state index contributed by atoms with van der Waals surface area (Å²) < 4.78 is 5.51. The van der Waals surface area contributed by atoms with Gasteiger partial charge >= 0.3 is 5.97 Å². The number of amides is 1. The molecule has 0 spiro atoms. The SMILES string of the molecule is CCCCCCCCCCC/C=C/C(O)C(CO)NC(=O)CCCCCCCCCCCCCCCCCCCCCCCCCCCCCCCCCCCCCOC(=O)CCCCCCCCCCCCCCCCCCC. The summed E-state index contributed by atoms with van der Waals surface area (Å²) in [4.78, 5) is 24.5. The maximum Gasteiger partial charge on any atom is 0.305 e. The number of aliphatic hydroxyl groups is 2. The van der Waals surface area contributed by atoms with Crippen LogP contribution in [0.5, 0.6) is 0 Å². The number of allylic oxidation sites excluding steroid dienone is 1. The number of unbranched alkanes of at least 4 members (excludes halogenated alkanes) is 59. The molecule has 0 aromatic carbocycles. The van der Waals surface area contributed by atoms with Crippen LogP contribution in [-0.2, 0) is 14.3 Å². The Kier molecular flexibility index (Phi) is 68.9. The van der Waals surface area contributed by atoms with E-state index in [-0.39, 0.29) is 18.5 Å². The molecule has 6 heteroatoms. The lowest BCUT2D eigenvalue weighted by Crippen LogP contribution is -2.45. The summed E-state index contributed by atoms with van der Waals surface area (Å²) in [6.07, 6.45) is 87.6. The van der Waals surface area contributed by atoms with E-state index in [4.69, 9.17) is 4.74 Å². The van der Waals surface area contributed by atoms with Crippen molar-refractivity contribution in [3.8, 4) is 0 Å². The van der Waals surface area contributed by atoms with Gasteiger partial charge in [0, 0.05) is 12.8 Å². The molecule has 0 aliphatic carbocycles. The molecular weight excluding hydrogens is 983 g/mol. The highest BCUT2D eigenvalue weighted by molar-refractivity contribution is 5.76. The van der Waals surface area contributed by atoms with Crippen molar-refractivity contribution in [1.82, 2.24) is 5.32 Å². The van der Waals surface area contributed by atoms with Gasteiger partial charge in [-0.05, 0) is 32.1 Å². The van der Waals surface area contributed by atoms with Gasteiger partial charge in [-0.2, -0.15) is 0 Å². The quantitative estimate of drug-likeness (QED) is 0.0320. The summed E-state index contributed by atoms with van der Waals surface area (Å²) in [5.74, 6) is -0.0344. The number of hydrogen-bond donors (Lipinski definition) is 3. The number of carbonyl (C=O) groups excluding carboxylic acids is 2. The summed E-state index contributed by atoms with van der Waals surface area (Å²) in [5.41, 5.74) is 0. The van der Waals surface area contributed by atoms with Gasteiger partial charge < -0.3 is 20.3 Å². The Morgan fingerprint density at radius 1 is 0.338 bits per heavy atom. The molecule has 2 atom stereocenters. The largest absolute Gasteiger partial charge is 0.466 e. The second kappa shape index (κ2) is 70.1. The van der Waals surface area contributed by atoms with Gasteiger partial charge in [0.05, 0.1) is 25.4 Å². The third-order valence-electron chi connectivity index (χ3n) is 17.6. The van der Waals surface area contributed by atoms with Gasteiger partial charge in [0.15, 0.2) is 0 Å². The van der Waals surface area contributed by atoms with Crippen LogP contribution in [0.1, 0.15) is 425 Å². The number of carbonyl (C=O) groups is 2. The monoisotopic (exact) mass is 1130 g/mol. The number of rotatable bonds is 70. The van der Waals surface area contributed by atoms with E-state index in [0.29, 0.717) is 19.4 Å². The topological polar surface area (TPSA) is 95.9 Å². The molecule has 0 fully saturated rings. The van der Waals surface area contributed by atoms with Crippen LogP contribution in [0.25, 0.3) is 0 Å². The van der Waals surface area contributed by atoms with Crippen LogP contribution in [0.4, 0.5) is 0 Å². The van der Waals surface area contributed by atoms with Crippen LogP contribution in [-0.4, -0.2) is 47.4 Å². The van der Waals surface area contributed by atoms with Crippen molar-refractivity contribution in [1.29, 1.82) is 0 Å². The molecule has 0 radical (unpaired) electrons. The van der Waals surface area contributed by atoms with E-state index in [1.165, 1.54) is 360 Å². The first-order valence-corrected chi connectivity index (χ1v) is 37.0. The minimum absolute atomic E-state index is 0.0272. The van der Waals surface area contributed by atoms with Gasteiger partial charge in [-0.25, -0.2) is 0 Å². The first kappa shape index (κ1) is 78.6. The summed E-state index contributed by atoms with van der Waals surface area (Å²) in [6, 6.07) is -0.621. The molecule has 3 N–H and O–H groups in total. The average molecular weight is 1130 g/mol. The van der Waals surface area contributed by atoms with Crippen LogP contribution in [0, 0.1) is 0 Å². The minimum Gasteiger partial charge on any atom is -0.466 e. The van der Waals surface area contributed by atoms with Gasteiger partial charge in [0.25, 0.3) is 0 Å². The Balaban J connectivity index is 3.28. The molecule has 1 amide bonds. The van der Waals surface area contributed by atoms with Crippen molar-refractivity contribution in [3.63, 3.8) is 0 Å². The maximum absolute atomic E-state index is 12.4. The molecule has 0 bridgehead atoms. The van der Waals surface area contributed by atoms with Gasteiger partial charge in [-0.3, -0.25) is 9.59 Å². The number of ether oxygens (including phenoxy) is 1. The van der Waals surface area contributed by atoms with Crippen molar-refractivity contribution in [2.24, 2.45) is 0 Å². The highest BCUT2D eigenvalue weighted by Crippen LogP contribution is 2.20. The molecule has 80 heavy (non-hydrogen) atoms. The summed E-state index contributed by atoms with van der Waals surface area (Å²) in [5, 5.41) is 23.1. The highest BCUT2D eigenvalue weighted by atomic mass is 16.5. The second-order valence-electron chi connectivity index (χ2n) is 25.6. The van der Waals surface area contributed by atoms with Crippen molar-refractivity contribution in [3.05, 3.63) is 12.2 Å². The fraction of sp³-hybridized carbons (Fsp3) is 0.946. The van der Waals surface area contributed by atoms with Crippen molar-refractivity contribution >= 4 is 11.9 Å². The first-order valence-electron chi connectivity index (χ1n) is 37.0. The average Bonchev–Trinajstić information content (AvgIpc) is 3.46. The Labute approximate surface area is 501 Å². The number of nitrogens with one attached hydrogen (secondary N) is 1. The fourth-order valence-corrected chi connectivity index (χ4v) is 11.9. The van der Waals surface area contributed by atoms with Crippen molar-refractivity contribution < 1.29 is 24.5 Å². The molecule has 476 valence electrons. The van der Waals surface area contributed by atoms with E-state index in [1.807, 2.05) is 6.08 Å². The van der Waals surface area contributed by atoms with Crippen LogP contribution < -0.4 is 5.32 Å². The van der Waals surface area contributed by atoms with Crippen LogP contribution in [0.3, 0.4) is 0 Å². The molecule has 0 rings (SSSR count). The lowest BCUT2D eigenvalue weighted by atomic mass is 10.0. The van der Waals surface area contributed by atoms with Crippen molar-refractivity contribution in [2.75, 3.05) is 13.2 Å². The molecule has 0 aromatic heterocycles. The van der Waals surface area contributed by atoms with Crippen LogP contribution in [0.15, 0.2) is 12.2 Å². The van der Waals surface area contributed by atoms with E-state index in [2.05, 4.69) is 19.2 Å². The second-order valence-corrected chi connectivity index (χ2v) is 25.6. The number of esters is 1. The van der Waals surface area contributed by atoms with Crippen molar-refractivity contribution in [2.45, 2.75) is 437 Å². The van der Waals surface area contributed by atoms with E-state index in [0.717, 1.165) is 38.5 Å². The minimum atomic E-state index is -0.838. The summed E-state index contributed by atoms with van der Waals surface area (Å²) in [7, 11) is 0. The molecule has 0 saturated heterocycles. The smallest absolute Gasteiger partial charge is 0.305 e. The zero-order chi connectivity index (χ0) is 57.8. The molecule has 2 unspecified atom stereocenters. The predicted octanol–water partition coefficient (Wildman–Crippen LogP) is 23.9. The van der Waals surface area contributed by atoms with E-state index >= 15 is 0 Å². The molecule has 6 nitrogen and oxygen atoms in total. The Morgan fingerprint density at radius 3 is 0.850 bits per heavy atom. The van der Waals surface area contributed by atoms with Gasteiger partial charge in [-0.15, -0.1) is 0 Å². The molecule has 0 aliphatic rings. The Hall–Kier alpha value is -1.40.